The van der Waals surface area contributed by atoms with Crippen LogP contribution >= 0.6 is 11.8 Å². The minimum absolute atomic E-state index is 0.0333. The molecule has 0 radical (unpaired) electrons. The monoisotopic (exact) mass is 382 g/mol. The van der Waals surface area contributed by atoms with Crippen molar-refractivity contribution in [2.75, 3.05) is 25.5 Å². The lowest BCUT2D eigenvalue weighted by Crippen LogP contribution is -2.40. The molecule has 0 spiro atoms. The van der Waals surface area contributed by atoms with Gasteiger partial charge >= 0.3 is 0 Å². The van der Waals surface area contributed by atoms with Crippen LogP contribution < -0.4 is 5.32 Å². The van der Waals surface area contributed by atoms with Gasteiger partial charge in [-0.05, 0) is 57.8 Å². The van der Waals surface area contributed by atoms with Gasteiger partial charge in [0.2, 0.25) is 5.91 Å². The van der Waals surface area contributed by atoms with E-state index in [9.17, 15) is 4.79 Å². The third kappa shape index (κ3) is 8.26. The second-order valence-electron chi connectivity index (χ2n) is 8.68. The Morgan fingerprint density at radius 3 is 2.38 bits per heavy atom. The number of hydrogen-bond donors (Lipinski definition) is 1. The molecule has 0 unspecified atom stereocenters. The molecule has 0 aliphatic carbocycles. The molecule has 1 rings (SSSR count). The standard InChI is InChI=1S/C21H38N2O2S/c1-8-11-22-18(20(3,4)5)14-16(2)23-19(24)21(6,7)26-15-17-9-12-25-13-10-17/h14,17H,8-13,15H2,1-7H3,(H,23,24)/b16-14+,22-18?. The zero-order valence-corrected chi connectivity index (χ0v) is 18.6. The summed E-state index contributed by atoms with van der Waals surface area (Å²) in [7, 11) is 0. The molecule has 4 nitrogen and oxygen atoms in total. The van der Waals surface area contributed by atoms with Gasteiger partial charge < -0.3 is 10.1 Å². The van der Waals surface area contributed by atoms with E-state index in [0.717, 1.165) is 56.2 Å². The Bertz CT molecular complexity index is 513. The van der Waals surface area contributed by atoms with E-state index in [2.05, 4.69) is 33.0 Å². The average Bonchev–Trinajstić information content (AvgIpc) is 2.56. The number of amides is 1. The number of allylic oxidation sites excluding steroid dienone is 2. The predicted molar refractivity (Wildman–Crippen MR) is 114 cm³/mol. The first-order chi connectivity index (χ1) is 12.1. The summed E-state index contributed by atoms with van der Waals surface area (Å²) in [5, 5.41) is 3.08. The molecule has 0 aromatic carbocycles. The lowest BCUT2D eigenvalue weighted by Gasteiger charge is -2.28. The fourth-order valence-corrected chi connectivity index (χ4v) is 3.77. The van der Waals surface area contributed by atoms with Crippen LogP contribution in [0.5, 0.6) is 0 Å². The van der Waals surface area contributed by atoms with E-state index in [1.807, 2.05) is 26.8 Å². The molecule has 0 bridgehead atoms. The molecule has 0 aromatic rings. The third-order valence-corrected chi connectivity index (χ3v) is 6.05. The van der Waals surface area contributed by atoms with Crippen molar-refractivity contribution in [3.63, 3.8) is 0 Å². The molecule has 26 heavy (non-hydrogen) atoms. The van der Waals surface area contributed by atoms with Gasteiger partial charge in [-0.1, -0.05) is 27.7 Å². The van der Waals surface area contributed by atoms with Crippen molar-refractivity contribution >= 4 is 23.4 Å². The van der Waals surface area contributed by atoms with Crippen LogP contribution in [0.3, 0.4) is 0 Å². The van der Waals surface area contributed by atoms with Gasteiger partial charge in [0.25, 0.3) is 0 Å². The lowest BCUT2D eigenvalue weighted by molar-refractivity contribution is -0.121. The normalized spacial score (nSPS) is 18.1. The molecular formula is C21H38N2O2S. The molecule has 1 aliphatic heterocycles. The van der Waals surface area contributed by atoms with E-state index in [1.165, 1.54) is 0 Å². The van der Waals surface area contributed by atoms with Crippen molar-refractivity contribution in [1.29, 1.82) is 0 Å². The maximum atomic E-state index is 12.8. The zero-order valence-electron chi connectivity index (χ0n) is 17.8. The molecule has 0 saturated carbocycles. The number of carbonyl (C=O) groups is 1. The highest BCUT2D eigenvalue weighted by Gasteiger charge is 2.30. The maximum absolute atomic E-state index is 12.8. The Hall–Kier alpha value is -0.810. The minimum Gasteiger partial charge on any atom is -0.381 e. The molecule has 0 atom stereocenters. The second kappa shape index (κ2) is 10.5. The molecule has 5 heteroatoms. The molecule has 1 fully saturated rings. The molecule has 1 N–H and O–H groups in total. The van der Waals surface area contributed by atoms with Gasteiger partial charge in [-0.15, -0.1) is 11.8 Å². The highest BCUT2D eigenvalue weighted by molar-refractivity contribution is 8.01. The van der Waals surface area contributed by atoms with Crippen molar-refractivity contribution in [3.05, 3.63) is 11.8 Å². The van der Waals surface area contributed by atoms with E-state index in [1.54, 1.807) is 11.8 Å². The Labute approximate surface area is 164 Å². The molecule has 1 aliphatic rings. The number of thioether (sulfide) groups is 1. The third-order valence-electron chi connectivity index (χ3n) is 4.51. The SMILES string of the molecule is CCCN=C(/C=C(\C)NC(=O)C(C)(C)SCC1CCOCC1)C(C)(C)C. The summed E-state index contributed by atoms with van der Waals surface area (Å²) in [5.74, 6) is 1.73. The minimum atomic E-state index is -0.449. The Morgan fingerprint density at radius 1 is 1.23 bits per heavy atom. The van der Waals surface area contributed by atoms with Gasteiger partial charge in [0.15, 0.2) is 0 Å². The van der Waals surface area contributed by atoms with Gasteiger partial charge in [-0.2, -0.15) is 0 Å². The van der Waals surface area contributed by atoms with Gasteiger partial charge in [0.1, 0.15) is 0 Å². The molecular weight excluding hydrogens is 344 g/mol. The fourth-order valence-electron chi connectivity index (χ4n) is 2.61. The van der Waals surface area contributed by atoms with E-state index < -0.39 is 4.75 Å². The van der Waals surface area contributed by atoms with E-state index in [0.29, 0.717) is 5.92 Å². The number of ether oxygens (including phenoxy) is 1. The molecule has 1 amide bonds. The van der Waals surface area contributed by atoms with Crippen molar-refractivity contribution in [3.8, 4) is 0 Å². The highest BCUT2D eigenvalue weighted by Crippen LogP contribution is 2.30. The first kappa shape index (κ1) is 23.2. The van der Waals surface area contributed by atoms with Crippen LogP contribution in [0.4, 0.5) is 0 Å². The Balaban J connectivity index is 2.67. The summed E-state index contributed by atoms with van der Waals surface area (Å²) >= 11 is 1.75. The summed E-state index contributed by atoms with van der Waals surface area (Å²) in [6, 6.07) is 0. The number of nitrogens with zero attached hydrogens (tertiary/aromatic N) is 1. The summed E-state index contributed by atoms with van der Waals surface area (Å²) < 4.78 is 4.97. The molecule has 0 aromatic heterocycles. The zero-order chi connectivity index (χ0) is 19.8. The number of nitrogens with one attached hydrogen (secondary N) is 1. The topological polar surface area (TPSA) is 50.7 Å². The van der Waals surface area contributed by atoms with Crippen molar-refractivity contribution < 1.29 is 9.53 Å². The first-order valence-corrected chi connectivity index (χ1v) is 10.8. The van der Waals surface area contributed by atoms with Crippen LogP contribution in [0, 0.1) is 11.3 Å². The van der Waals surface area contributed by atoms with E-state index in [-0.39, 0.29) is 11.3 Å². The van der Waals surface area contributed by atoms with Crippen LogP contribution in [0.1, 0.15) is 67.7 Å². The number of hydrogen-bond acceptors (Lipinski definition) is 4. The summed E-state index contributed by atoms with van der Waals surface area (Å²) in [6.07, 6.45) is 5.25. The van der Waals surface area contributed by atoms with E-state index >= 15 is 0 Å². The van der Waals surface area contributed by atoms with Crippen LogP contribution in [-0.2, 0) is 9.53 Å². The van der Waals surface area contributed by atoms with Crippen LogP contribution in [-0.4, -0.2) is 41.9 Å². The Kier molecular flexibility index (Phi) is 9.39. The van der Waals surface area contributed by atoms with Gasteiger partial charge in [-0.3, -0.25) is 9.79 Å². The maximum Gasteiger partial charge on any atom is 0.239 e. The highest BCUT2D eigenvalue weighted by atomic mass is 32.2. The van der Waals surface area contributed by atoms with E-state index in [4.69, 9.17) is 9.73 Å². The van der Waals surface area contributed by atoms with Crippen LogP contribution in [0.25, 0.3) is 0 Å². The molecule has 1 saturated heterocycles. The summed E-state index contributed by atoms with van der Waals surface area (Å²) in [4.78, 5) is 17.4. The van der Waals surface area contributed by atoms with Crippen LogP contribution in [0.2, 0.25) is 0 Å². The van der Waals surface area contributed by atoms with Crippen LogP contribution in [0.15, 0.2) is 16.8 Å². The summed E-state index contributed by atoms with van der Waals surface area (Å²) in [6.45, 7) is 17.1. The smallest absolute Gasteiger partial charge is 0.239 e. The largest absolute Gasteiger partial charge is 0.381 e. The predicted octanol–water partition coefficient (Wildman–Crippen LogP) is 4.84. The lowest BCUT2D eigenvalue weighted by atomic mass is 9.89. The van der Waals surface area contributed by atoms with Crippen molar-refractivity contribution in [2.45, 2.75) is 72.5 Å². The Morgan fingerprint density at radius 2 is 1.85 bits per heavy atom. The fraction of sp³-hybridized carbons (Fsp3) is 0.810. The van der Waals surface area contributed by atoms with Gasteiger partial charge in [0.05, 0.1) is 4.75 Å². The number of carbonyl (C=O) groups excluding carboxylic acids is 1. The van der Waals surface area contributed by atoms with Gasteiger partial charge in [0, 0.05) is 36.6 Å². The summed E-state index contributed by atoms with van der Waals surface area (Å²) in [5.41, 5.74) is 1.86. The number of aliphatic imine (C=N–C) groups is 1. The quantitative estimate of drug-likeness (QED) is 0.611. The molecule has 150 valence electrons. The average molecular weight is 383 g/mol. The van der Waals surface area contributed by atoms with Crippen molar-refractivity contribution in [1.82, 2.24) is 5.32 Å². The van der Waals surface area contributed by atoms with Gasteiger partial charge in [-0.25, -0.2) is 0 Å². The number of rotatable bonds is 8. The molecule has 1 heterocycles. The first-order valence-electron chi connectivity index (χ1n) is 9.82. The second-order valence-corrected chi connectivity index (χ2v) is 10.3. The van der Waals surface area contributed by atoms with Crippen molar-refractivity contribution in [2.24, 2.45) is 16.3 Å².